The van der Waals surface area contributed by atoms with Crippen molar-refractivity contribution in [2.45, 2.75) is 18.8 Å². The first kappa shape index (κ1) is 12.1. The number of benzene rings is 1. The second kappa shape index (κ2) is 4.95. The third-order valence-corrected chi connectivity index (χ3v) is 4.54. The number of rotatable bonds is 1. The fraction of sp³-hybridized carbons (Fsp3) is 0.250. The zero-order valence-corrected chi connectivity index (χ0v) is 11.5. The normalized spacial score (nSPS) is 26.3. The standard InChI is InChI=1S/C16H14Cl2/c17-15-9-8-12(10-16(15)18)14-7-3-5-11-4-1-2-6-13(11)14/h1-6,9-10,12,14H,7-8H2/t12?,14-/m0/s1. The van der Waals surface area contributed by atoms with Crippen LogP contribution in [0, 0.1) is 5.92 Å². The van der Waals surface area contributed by atoms with Crippen LogP contribution in [-0.2, 0) is 0 Å². The van der Waals surface area contributed by atoms with Gasteiger partial charge in [0.2, 0.25) is 0 Å². The Morgan fingerprint density at radius 3 is 2.67 bits per heavy atom. The Hall–Kier alpha value is -0.980. The van der Waals surface area contributed by atoms with Crippen molar-refractivity contribution in [2.75, 3.05) is 0 Å². The maximum absolute atomic E-state index is 6.15. The largest absolute Gasteiger partial charge is 0.0833 e. The van der Waals surface area contributed by atoms with Crippen molar-refractivity contribution in [3.05, 3.63) is 63.7 Å². The Kier molecular flexibility index (Phi) is 3.32. The number of hydrogen-bond acceptors (Lipinski definition) is 0. The van der Waals surface area contributed by atoms with Gasteiger partial charge in [0.1, 0.15) is 0 Å². The SMILES string of the molecule is ClC1=CCC([C@@H]2CC=Cc3ccccc32)C=C1Cl. The first-order chi connectivity index (χ1) is 8.75. The fourth-order valence-corrected chi connectivity index (χ4v) is 3.22. The van der Waals surface area contributed by atoms with Gasteiger partial charge in [-0.3, -0.25) is 0 Å². The van der Waals surface area contributed by atoms with Crippen LogP contribution in [0.4, 0.5) is 0 Å². The minimum atomic E-state index is 0.450. The lowest BCUT2D eigenvalue weighted by atomic mass is 9.76. The monoisotopic (exact) mass is 276 g/mol. The lowest BCUT2D eigenvalue weighted by Gasteiger charge is -2.29. The summed E-state index contributed by atoms with van der Waals surface area (Å²) in [6.07, 6.45) is 10.7. The van der Waals surface area contributed by atoms with Crippen LogP contribution in [-0.4, -0.2) is 0 Å². The highest BCUT2D eigenvalue weighted by Gasteiger charge is 2.26. The molecule has 0 saturated heterocycles. The van der Waals surface area contributed by atoms with Gasteiger partial charge in [-0.05, 0) is 35.8 Å². The van der Waals surface area contributed by atoms with Gasteiger partial charge < -0.3 is 0 Å². The van der Waals surface area contributed by atoms with Gasteiger partial charge in [0.05, 0.1) is 10.1 Å². The molecule has 0 radical (unpaired) electrons. The average Bonchev–Trinajstić information content (AvgIpc) is 2.41. The molecule has 2 aliphatic rings. The molecule has 0 aromatic heterocycles. The highest BCUT2D eigenvalue weighted by atomic mass is 35.5. The summed E-state index contributed by atoms with van der Waals surface area (Å²) < 4.78 is 0. The molecule has 2 atom stereocenters. The summed E-state index contributed by atoms with van der Waals surface area (Å²) in [5, 5.41) is 1.38. The second-order valence-corrected chi connectivity index (χ2v) is 5.65. The van der Waals surface area contributed by atoms with E-state index in [1.807, 2.05) is 6.08 Å². The van der Waals surface area contributed by atoms with Crippen molar-refractivity contribution in [1.29, 1.82) is 0 Å². The molecule has 0 fully saturated rings. The molecule has 0 heterocycles. The van der Waals surface area contributed by atoms with Gasteiger partial charge in [-0.15, -0.1) is 0 Å². The minimum absolute atomic E-state index is 0.450. The molecular weight excluding hydrogens is 263 g/mol. The Labute approximate surface area is 118 Å². The van der Waals surface area contributed by atoms with E-state index in [0.29, 0.717) is 21.9 Å². The lowest BCUT2D eigenvalue weighted by molar-refractivity contribution is 0.507. The molecule has 92 valence electrons. The van der Waals surface area contributed by atoms with Crippen molar-refractivity contribution >= 4 is 29.3 Å². The van der Waals surface area contributed by atoms with E-state index >= 15 is 0 Å². The van der Waals surface area contributed by atoms with Crippen molar-refractivity contribution in [1.82, 2.24) is 0 Å². The predicted molar refractivity (Wildman–Crippen MR) is 78.8 cm³/mol. The van der Waals surface area contributed by atoms with Crippen LogP contribution in [0.2, 0.25) is 0 Å². The molecule has 0 nitrogen and oxygen atoms in total. The van der Waals surface area contributed by atoms with E-state index in [1.165, 1.54) is 11.1 Å². The van der Waals surface area contributed by atoms with Crippen LogP contribution in [0.5, 0.6) is 0 Å². The molecule has 0 spiro atoms. The summed E-state index contributed by atoms with van der Waals surface area (Å²) >= 11 is 12.2. The summed E-state index contributed by atoms with van der Waals surface area (Å²) in [7, 11) is 0. The minimum Gasteiger partial charge on any atom is -0.0833 e. The van der Waals surface area contributed by atoms with Crippen LogP contribution in [0.3, 0.4) is 0 Å². The third-order valence-electron chi connectivity index (χ3n) is 3.76. The van der Waals surface area contributed by atoms with E-state index in [-0.39, 0.29) is 0 Å². The quantitative estimate of drug-likeness (QED) is 0.640. The second-order valence-electron chi connectivity index (χ2n) is 4.84. The molecule has 0 bridgehead atoms. The summed E-state index contributed by atoms with van der Waals surface area (Å²) in [5.41, 5.74) is 2.76. The molecule has 1 unspecified atom stereocenters. The molecule has 1 aromatic rings. The van der Waals surface area contributed by atoms with E-state index < -0.39 is 0 Å². The molecule has 0 saturated carbocycles. The van der Waals surface area contributed by atoms with Crippen LogP contribution >= 0.6 is 23.2 Å². The van der Waals surface area contributed by atoms with Crippen molar-refractivity contribution in [2.24, 2.45) is 5.92 Å². The number of halogens is 2. The van der Waals surface area contributed by atoms with Crippen molar-refractivity contribution in [3.8, 4) is 0 Å². The molecule has 1 aromatic carbocycles. The van der Waals surface area contributed by atoms with Gasteiger partial charge in [-0.2, -0.15) is 0 Å². The topological polar surface area (TPSA) is 0 Å². The van der Waals surface area contributed by atoms with Crippen LogP contribution in [0.25, 0.3) is 6.08 Å². The number of fused-ring (bicyclic) bond motifs is 1. The van der Waals surface area contributed by atoms with E-state index in [2.05, 4.69) is 42.5 Å². The average molecular weight is 277 g/mol. The zero-order chi connectivity index (χ0) is 12.5. The van der Waals surface area contributed by atoms with E-state index in [4.69, 9.17) is 23.2 Å². The molecule has 2 heteroatoms. The van der Waals surface area contributed by atoms with Crippen LogP contribution in [0.15, 0.2) is 52.6 Å². The van der Waals surface area contributed by atoms with Gasteiger partial charge in [-0.1, -0.05) is 71.8 Å². The van der Waals surface area contributed by atoms with E-state index in [0.717, 1.165) is 12.8 Å². The first-order valence-corrected chi connectivity index (χ1v) is 7.00. The van der Waals surface area contributed by atoms with Crippen LogP contribution in [0.1, 0.15) is 29.9 Å². The summed E-state index contributed by atoms with van der Waals surface area (Å²) in [6, 6.07) is 8.61. The van der Waals surface area contributed by atoms with Gasteiger partial charge >= 0.3 is 0 Å². The van der Waals surface area contributed by atoms with E-state index in [9.17, 15) is 0 Å². The number of hydrogen-bond donors (Lipinski definition) is 0. The Bertz CT molecular complexity index is 552. The Morgan fingerprint density at radius 1 is 1.00 bits per heavy atom. The molecule has 0 N–H and O–H groups in total. The summed E-state index contributed by atoms with van der Waals surface area (Å²) in [5.74, 6) is 0.965. The van der Waals surface area contributed by atoms with Gasteiger partial charge in [0, 0.05) is 0 Å². The highest BCUT2D eigenvalue weighted by Crippen LogP contribution is 2.41. The smallest absolute Gasteiger partial charge is 0.0552 e. The molecule has 0 aliphatic heterocycles. The first-order valence-electron chi connectivity index (χ1n) is 6.24. The summed E-state index contributed by atoms with van der Waals surface area (Å²) in [6.45, 7) is 0. The third kappa shape index (κ3) is 2.15. The fourth-order valence-electron chi connectivity index (χ4n) is 2.83. The highest BCUT2D eigenvalue weighted by molar-refractivity contribution is 6.44. The maximum atomic E-state index is 6.15. The molecule has 2 aliphatic carbocycles. The van der Waals surface area contributed by atoms with Gasteiger partial charge in [0.15, 0.2) is 0 Å². The number of allylic oxidation sites excluding steroid dienone is 5. The van der Waals surface area contributed by atoms with E-state index in [1.54, 1.807) is 0 Å². The molecule has 3 rings (SSSR count). The van der Waals surface area contributed by atoms with Crippen molar-refractivity contribution in [3.63, 3.8) is 0 Å². The van der Waals surface area contributed by atoms with Crippen LogP contribution < -0.4 is 0 Å². The lowest BCUT2D eigenvalue weighted by Crippen LogP contribution is -2.15. The molecule has 0 amide bonds. The Morgan fingerprint density at radius 2 is 1.83 bits per heavy atom. The Balaban J connectivity index is 1.94. The van der Waals surface area contributed by atoms with Crippen molar-refractivity contribution < 1.29 is 0 Å². The summed E-state index contributed by atoms with van der Waals surface area (Å²) in [4.78, 5) is 0. The molecule has 18 heavy (non-hydrogen) atoms. The van der Waals surface area contributed by atoms with Gasteiger partial charge in [0.25, 0.3) is 0 Å². The zero-order valence-electron chi connectivity index (χ0n) is 9.94. The molecular formula is C16H14Cl2. The van der Waals surface area contributed by atoms with Gasteiger partial charge in [-0.25, -0.2) is 0 Å². The predicted octanol–water partition coefficient (Wildman–Crippen LogP) is 5.45. The maximum Gasteiger partial charge on any atom is 0.0552 e.